The van der Waals surface area contributed by atoms with E-state index in [4.69, 9.17) is 35.5 Å². The Morgan fingerprint density at radius 3 is 2.75 bits per heavy atom. The molecule has 1 saturated carbocycles. The first kappa shape index (κ1) is 41.4. The molecule has 2 aromatic rings. The van der Waals surface area contributed by atoms with Gasteiger partial charge in [0, 0.05) is 77.2 Å². The van der Waals surface area contributed by atoms with Crippen molar-refractivity contribution < 1.29 is 32.2 Å². The van der Waals surface area contributed by atoms with Crippen molar-refractivity contribution in [2.75, 3.05) is 84.3 Å². The van der Waals surface area contributed by atoms with Gasteiger partial charge < -0.3 is 23.8 Å². The number of methoxy groups -OCH3 is 1. The van der Waals surface area contributed by atoms with Crippen molar-refractivity contribution in [1.29, 1.82) is 0 Å². The fourth-order valence-corrected chi connectivity index (χ4v) is 11.4. The summed E-state index contributed by atoms with van der Waals surface area (Å²) in [6, 6.07) is 9.61. The maximum atomic E-state index is 14.1. The van der Waals surface area contributed by atoms with E-state index in [-0.39, 0.29) is 30.6 Å². The van der Waals surface area contributed by atoms with Gasteiger partial charge >= 0.3 is 0 Å². The average molecular weight is 814 g/mol. The van der Waals surface area contributed by atoms with Crippen LogP contribution in [0.5, 0.6) is 5.75 Å². The molecular weight excluding hydrogens is 754 g/mol. The number of rotatable bonds is 7. The minimum Gasteiger partial charge on any atom is -0.485 e. The Kier molecular flexibility index (Phi) is 13.6. The highest BCUT2D eigenvalue weighted by Gasteiger charge is 2.49. The summed E-state index contributed by atoms with van der Waals surface area (Å²) in [5.41, 5.74) is 1.68. The zero-order valence-corrected chi connectivity index (χ0v) is 34.9. The summed E-state index contributed by atoms with van der Waals surface area (Å²) in [4.78, 5) is 26.1. The molecule has 5 aliphatic rings. The number of hydrogen-bond acceptors (Lipinski definition) is 11. The van der Waals surface area contributed by atoms with Gasteiger partial charge in [0.15, 0.2) is 11.6 Å². The Balaban J connectivity index is 1.28. The summed E-state index contributed by atoms with van der Waals surface area (Å²) >= 11 is 6.42. The van der Waals surface area contributed by atoms with Gasteiger partial charge in [-0.2, -0.15) is 0 Å². The van der Waals surface area contributed by atoms with Crippen LogP contribution in [-0.4, -0.2) is 125 Å². The number of halogens is 1. The van der Waals surface area contributed by atoms with Crippen molar-refractivity contribution in [2.24, 2.45) is 17.8 Å². The molecule has 0 radical (unpaired) electrons. The Morgan fingerprint density at radius 1 is 1.07 bits per heavy atom. The zero-order chi connectivity index (χ0) is 39.3. The van der Waals surface area contributed by atoms with Gasteiger partial charge in [0.05, 0.1) is 18.5 Å². The lowest BCUT2D eigenvalue weighted by molar-refractivity contribution is -0.121. The topological polar surface area (TPSA) is 123 Å². The lowest BCUT2D eigenvalue weighted by Gasteiger charge is -2.53. The largest absolute Gasteiger partial charge is 0.485 e. The van der Waals surface area contributed by atoms with Crippen LogP contribution in [0.15, 0.2) is 42.5 Å². The Hall–Kier alpha value is -2.78. The summed E-state index contributed by atoms with van der Waals surface area (Å²) in [5, 5.41) is -0.164. The van der Waals surface area contributed by atoms with Crippen molar-refractivity contribution in [1.82, 2.24) is 19.5 Å². The number of carbonyl (C=O) groups excluding carboxylic acids is 1. The van der Waals surface area contributed by atoms with Gasteiger partial charge in [0.25, 0.3) is 5.91 Å². The molecule has 5 heterocycles. The number of sulfonamides is 1. The van der Waals surface area contributed by atoms with Crippen LogP contribution >= 0.6 is 11.6 Å². The van der Waals surface area contributed by atoms with Gasteiger partial charge in [-0.1, -0.05) is 36.7 Å². The van der Waals surface area contributed by atoms with Crippen molar-refractivity contribution in [2.45, 2.75) is 82.3 Å². The van der Waals surface area contributed by atoms with Crippen molar-refractivity contribution >= 4 is 33.3 Å². The molecular formula is C42H60ClN5O7S. The van der Waals surface area contributed by atoms with E-state index in [1.54, 1.807) is 19.2 Å². The second-order valence-electron chi connectivity index (χ2n) is 16.4. The molecule has 1 aromatic heterocycles. The number of morpholine rings is 1. The molecule has 308 valence electrons. The van der Waals surface area contributed by atoms with Gasteiger partial charge in [0.2, 0.25) is 10.0 Å². The molecule has 0 spiro atoms. The van der Waals surface area contributed by atoms with Crippen LogP contribution in [0, 0.1) is 17.8 Å². The summed E-state index contributed by atoms with van der Waals surface area (Å²) in [6.45, 7) is 12.7. The van der Waals surface area contributed by atoms with Crippen LogP contribution in [0.2, 0.25) is 5.02 Å². The fraction of sp³-hybridized carbons (Fsp3) is 0.667. The lowest BCUT2D eigenvalue weighted by Crippen LogP contribution is -2.62. The highest BCUT2D eigenvalue weighted by atomic mass is 35.5. The smallest absolute Gasteiger partial charge is 0.283 e. The van der Waals surface area contributed by atoms with E-state index in [0.29, 0.717) is 61.3 Å². The monoisotopic (exact) mass is 813 g/mol. The van der Waals surface area contributed by atoms with Crippen LogP contribution < -0.4 is 14.4 Å². The third-order valence-electron chi connectivity index (χ3n) is 12.7. The highest BCUT2D eigenvalue weighted by molar-refractivity contribution is 7.90. The van der Waals surface area contributed by atoms with Crippen LogP contribution in [0.1, 0.15) is 74.0 Å². The van der Waals surface area contributed by atoms with E-state index >= 15 is 0 Å². The van der Waals surface area contributed by atoms with Crippen molar-refractivity contribution in [3.8, 4) is 5.75 Å². The minimum absolute atomic E-state index is 0.0350. The molecule has 56 heavy (non-hydrogen) atoms. The summed E-state index contributed by atoms with van der Waals surface area (Å²) in [7, 11) is -2.56. The maximum Gasteiger partial charge on any atom is 0.283 e. The van der Waals surface area contributed by atoms with Crippen LogP contribution in [-0.2, 0) is 37.3 Å². The number of fused-ring (bicyclic) bond motifs is 4. The molecule has 1 aromatic carbocycles. The van der Waals surface area contributed by atoms with E-state index in [9.17, 15) is 13.2 Å². The number of ether oxygens (including phenoxy) is 4. The van der Waals surface area contributed by atoms with Crippen LogP contribution in [0.25, 0.3) is 0 Å². The van der Waals surface area contributed by atoms with E-state index in [1.165, 1.54) is 0 Å². The predicted molar refractivity (Wildman–Crippen MR) is 218 cm³/mol. The number of aryl methyl sites for hydroxylation is 1. The normalized spacial score (nSPS) is 31.0. The summed E-state index contributed by atoms with van der Waals surface area (Å²) in [6.07, 6.45) is 9.92. The molecule has 4 aliphatic heterocycles. The van der Waals surface area contributed by atoms with E-state index < -0.39 is 26.8 Å². The second-order valence-corrected chi connectivity index (χ2v) is 18.7. The van der Waals surface area contributed by atoms with E-state index in [1.807, 2.05) is 25.1 Å². The van der Waals surface area contributed by atoms with Gasteiger partial charge in [-0.3, -0.25) is 14.6 Å². The minimum atomic E-state index is -4.12. The highest BCUT2D eigenvalue weighted by Crippen LogP contribution is 2.47. The predicted octanol–water partition coefficient (Wildman–Crippen LogP) is 5.34. The van der Waals surface area contributed by atoms with E-state index in [0.717, 1.165) is 89.2 Å². The first-order chi connectivity index (χ1) is 27.1. The van der Waals surface area contributed by atoms with Crippen LogP contribution in [0.3, 0.4) is 0 Å². The standard InChI is InChI=1S/C42H60ClN5O7S/c1-4-55-42(29-46-19-20-47-21-23-53-28-35(47)26-46)17-7-8-30(2)39(16-22-52-3)56(50,51)45-41(49)37-14-15-38-40(44-37)48(25-32-11-13-36(32)42)18-6-5-9-31-24-34(43)12-10-33(31)27-54-38/h7,10,12,14-15,17,24,30,32,35-36,39H,4-6,8-9,11,13,16,18-23,25-29H2,1-3H3,(H,45,49)/b17-7+/t30-,32-,35-,36?,39+,42+/m0/s1. The molecule has 2 bridgehead atoms. The van der Waals surface area contributed by atoms with E-state index in [2.05, 4.69) is 38.5 Å². The molecule has 7 rings (SSSR count). The number of anilines is 1. The number of allylic oxidation sites excluding steroid dienone is 1. The summed E-state index contributed by atoms with van der Waals surface area (Å²) in [5.74, 6) is 0.565. The molecule has 12 nitrogen and oxygen atoms in total. The number of benzene rings is 1. The van der Waals surface area contributed by atoms with Gasteiger partial charge in [-0.05, 0) is 105 Å². The molecule has 3 fully saturated rings. The Morgan fingerprint density at radius 2 is 1.95 bits per heavy atom. The molecule has 14 heteroatoms. The molecule has 1 amide bonds. The second kappa shape index (κ2) is 18.4. The zero-order valence-electron chi connectivity index (χ0n) is 33.3. The van der Waals surface area contributed by atoms with Crippen molar-refractivity contribution in [3.05, 3.63) is 64.3 Å². The quantitative estimate of drug-likeness (QED) is 0.365. The average Bonchev–Trinajstić information content (AvgIpc) is 3.19. The third-order valence-corrected chi connectivity index (χ3v) is 14.9. The molecule has 1 N–H and O–H groups in total. The maximum absolute atomic E-state index is 14.1. The number of aromatic nitrogens is 1. The third kappa shape index (κ3) is 9.40. The number of piperazine rings is 1. The number of hydrogen-bond donors (Lipinski definition) is 1. The van der Waals surface area contributed by atoms with Gasteiger partial charge in [-0.25, -0.2) is 18.1 Å². The van der Waals surface area contributed by atoms with Gasteiger partial charge in [0.1, 0.15) is 17.9 Å². The lowest BCUT2D eigenvalue weighted by atomic mass is 9.63. The molecule has 6 atom stereocenters. The first-order valence-electron chi connectivity index (χ1n) is 20.7. The molecule has 1 aliphatic carbocycles. The van der Waals surface area contributed by atoms with Gasteiger partial charge in [-0.15, -0.1) is 0 Å². The number of amides is 1. The Labute approximate surface area is 338 Å². The number of nitrogens with zero attached hydrogens (tertiary/aromatic N) is 4. The molecule has 2 saturated heterocycles. The number of pyridine rings is 1. The number of nitrogens with one attached hydrogen (secondary N) is 1. The Bertz CT molecular complexity index is 1820. The first-order valence-corrected chi connectivity index (χ1v) is 22.6. The SMILES string of the molecule is CCO[C@@]1(CN2CCN3CCOC[C@@H]3C2)/C=C/C[C@H](C)[C@@H](CCOC)S(=O)(=O)NC(=O)c2ccc3c(n2)N(CCCCc2cc(Cl)ccc2CO3)C[C@@H]2CCC21. The summed E-state index contributed by atoms with van der Waals surface area (Å²) < 4.78 is 55.3. The van der Waals surface area contributed by atoms with Crippen LogP contribution in [0.4, 0.5) is 5.82 Å². The fourth-order valence-electron chi connectivity index (χ4n) is 9.58. The van der Waals surface area contributed by atoms with Crippen molar-refractivity contribution in [3.63, 3.8) is 0 Å². The number of carbonyl (C=O) groups is 1. The molecule has 1 unspecified atom stereocenters.